The second-order valence-electron chi connectivity index (χ2n) is 4.45. The first-order valence-electron chi connectivity index (χ1n) is 6.63. The van der Waals surface area contributed by atoms with Crippen molar-refractivity contribution in [1.29, 1.82) is 0 Å². The molecule has 21 heavy (non-hydrogen) atoms. The van der Waals surface area contributed by atoms with Crippen LogP contribution in [0.2, 0.25) is 0 Å². The van der Waals surface area contributed by atoms with E-state index < -0.39 is 0 Å². The van der Waals surface area contributed by atoms with Crippen molar-refractivity contribution >= 4 is 11.8 Å². The van der Waals surface area contributed by atoms with Crippen LogP contribution in [0.3, 0.4) is 0 Å². The van der Waals surface area contributed by atoms with Gasteiger partial charge in [-0.3, -0.25) is 0 Å². The van der Waals surface area contributed by atoms with E-state index in [9.17, 15) is 0 Å². The number of aromatic nitrogens is 3. The molecule has 114 valence electrons. The largest absolute Gasteiger partial charge is 0.493 e. The Balaban J connectivity index is 2.09. The van der Waals surface area contributed by atoms with Crippen LogP contribution in [0.1, 0.15) is 11.4 Å². The number of benzene rings is 1. The average Bonchev–Trinajstić information content (AvgIpc) is 2.86. The van der Waals surface area contributed by atoms with E-state index in [-0.39, 0.29) is 0 Å². The van der Waals surface area contributed by atoms with Crippen molar-refractivity contribution in [2.75, 3.05) is 20.8 Å². The fourth-order valence-electron chi connectivity index (χ4n) is 1.97. The number of methoxy groups -OCH3 is 2. The summed E-state index contributed by atoms with van der Waals surface area (Å²) in [5, 5.41) is 9.17. The van der Waals surface area contributed by atoms with Crippen molar-refractivity contribution in [3.8, 4) is 11.5 Å². The summed E-state index contributed by atoms with van der Waals surface area (Å²) >= 11 is 1.63. The Hall–Kier alpha value is -1.73. The molecule has 0 saturated carbocycles. The van der Waals surface area contributed by atoms with Gasteiger partial charge in [0.05, 0.1) is 14.2 Å². The number of thioether (sulfide) groups is 1. The molecule has 0 saturated heterocycles. The van der Waals surface area contributed by atoms with Crippen molar-refractivity contribution < 1.29 is 9.47 Å². The maximum Gasteiger partial charge on any atom is 0.191 e. The molecule has 2 rings (SSSR count). The first-order chi connectivity index (χ1) is 10.2. The lowest BCUT2D eigenvalue weighted by molar-refractivity contribution is 0.354. The summed E-state index contributed by atoms with van der Waals surface area (Å²) in [5.41, 5.74) is 6.76. The summed E-state index contributed by atoms with van der Waals surface area (Å²) in [6, 6.07) is 5.90. The Morgan fingerprint density at radius 1 is 1.19 bits per heavy atom. The summed E-state index contributed by atoms with van der Waals surface area (Å²) in [5.74, 6) is 3.13. The highest BCUT2D eigenvalue weighted by molar-refractivity contribution is 7.98. The number of nitrogens with two attached hydrogens (primary N) is 1. The van der Waals surface area contributed by atoms with Gasteiger partial charge in [-0.1, -0.05) is 17.8 Å². The smallest absolute Gasteiger partial charge is 0.191 e. The molecule has 0 fully saturated rings. The lowest BCUT2D eigenvalue weighted by Crippen LogP contribution is -2.12. The summed E-state index contributed by atoms with van der Waals surface area (Å²) in [6.45, 7) is 3.24. The molecule has 1 aromatic carbocycles. The third-order valence-electron chi connectivity index (χ3n) is 3.07. The van der Waals surface area contributed by atoms with E-state index in [0.29, 0.717) is 6.54 Å². The summed E-state index contributed by atoms with van der Waals surface area (Å²) in [6.07, 6.45) is 0. The number of aryl methyl sites for hydroxylation is 1. The van der Waals surface area contributed by atoms with Crippen molar-refractivity contribution in [3.63, 3.8) is 0 Å². The lowest BCUT2D eigenvalue weighted by Gasteiger charge is -2.10. The van der Waals surface area contributed by atoms with Crippen LogP contribution in [0.4, 0.5) is 0 Å². The fourth-order valence-corrected chi connectivity index (χ4v) is 2.93. The van der Waals surface area contributed by atoms with Crippen LogP contribution in [0.15, 0.2) is 23.4 Å². The van der Waals surface area contributed by atoms with Crippen LogP contribution < -0.4 is 15.2 Å². The highest BCUT2D eigenvalue weighted by atomic mass is 32.2. The van der Waals surface area contributed by atoms with E-state index in [1.54, 1.807) is 26.0 Å². The Morgan fingerprint density at radius 2 is 1.95 bits per heavy atom. The molecular weight excluding hydrogens is 288 g/mol. The molecule has 1 heterocycles. The quantitative estimate of drug-likeness (QED) is 0.787. The zero-order valence-corrected chi connectivity index (χ0v) is 13.3. The first-order valence-corrected chi connectivity index (χ1v) is 7.61. The maximum absolute atomic E-state index is 5.62. The molecule has 0 aliphatic carbocycles. The highest BCUT2D eigenvalue weighted by Gasteiger charge is 2.10. The summed E-state index contributed by atoms with van der Waals surface area (Å²) in [7, 11) is 3.26. The van der Waals surface area contributed by atoms with Gasteiger partial charge in [-0.25, -0.2) is 0 Å². The van der Waals surface area contributed by atoms with E-state index in [1.165, 1.54) is 0 Å². The molecule has 2 aromatic rings. The summed E-state index contributed by atoms with van der Waals surface area (Å²) in [4.78, 5) is 0. The van der Waals surface area contributed by atoms with Gasteiger partial charge in [-0.15, -0.1) is 10.2 Å². The van der Waals surface area contributed by atoms with Crippen LogP contribution in [0.5, 0.6) is 11.5 Å². The third kappa shape index (κ3) is 3.68. The van der Waals surface area contributed by atoms with Gasteiger partial charge in [0.25, 0.3) is 0 Å². The molecule has 1 aromatic heterocycles. The maximum atomic E-state index is 5.62. The molecule has 0 atom stereocenters. The molecule has 0 aliphatic rings. The number of hydrogen-bond acceptors (Lipinski definition) is 6. The van der Waals surface area contributed by atoms with E-state index in [2.05, 4.69) is 10.2 Å². The minimum atomic E-state index is 0.572. The number of rotatable bonds is 7. The van der Waals surface area contributed by atoms with Crippen LogP contribution in [-0.4, -0.2) is 35.5 Å². The van der Waals surface area contributed by atoms with Gasteiger partial charge in [-0.05, 0) is 24.6 Å². The van der Waals surface area contributed by atoms with Crippen molar-refractivity contribution in [2.45, 2.75) is 24.4 Å². The molecule has 0 unspecified atom stereocenters. The number of ether oxygens (including phenoxy) is 2. The predicted octanol–water partition coefficient (Wildman–Crippen LogP) is 1.85. The second kappa shape index (κ2) is 7.33. The third-order valence-corrected chi connectivity index (χ3v) is 4.11. The minimum Gasteiger partial charge on any atom is -0.493 e. The van der Waals surface area contributed by atoms with Crippen molar-refractivity contribution in [1.82, 2.24) is 14.8 Å². The standard InChI is InChI=1S/C14H20N4O2S/c1-10-16-17-14(18(10)7-6-15)21-9-11-4-5-12(19-2)13(8-11)20-3/h4-5,8H,6-7,9,15H2,1-3H3. The molecule has 7 heteroatoms. The van der Waals surface area contributed by atoms with Crippen LogP contribution in [-0.2, 0) is 12.3 Å². The zero-order valence-electron chi connectivity index (χ0n) is 12.5. The summed E-state index contributed by atoms with van der Waals surface area (Å²) < 4.78 is 12.6. The van der Waals surface area contributed by atoms with E-state index in [0.717, 1.165) is 40.3 Å². The van der Waals surface area contributed by atoms with E-state index in [1.807, 2.05) is 29.7 Å². The molecule has 2 N–H and O–H groups in total. The van der Waals surface area contributed by atoms with Gasteiger partial charge in [0, 0.05) is 18.8 Å². The molecule has 0 aliphatic heterocycles. The second-order valence-corrected chi connectivity index (χ2v) is 5.39. The van der Waals surface area contributed by atoms with Gasteiger partial charge in [-0.2, -0.15) is 0 Å². The van der Waals surface area contributed by atoms with Gasteiger partial charge in [0.15, 0.2) is 16.7 Å². The number of nitrogens with zero attached hydrogens (tertiary/aromatic N) is 3. The number of hydrogen-bond donors (Lipinski definition) is 1. The van der Waals surface area contributed by atoms with E-state index in [4.69, 9.17) is 15.2 Å². The molecule has 0 amide bonds. The first kappa shape index (κ1) is 15.7. The minimum absolute atomic E-state index is 0.572. The van der Waals surface area contributed by atoms with Gasteiger partial charge < -0.3 is 19.8 Å². The molecule has 6 nitrogen and oxygen atoms in total. The highest BCUT2D eigenvalue weighted by Crippen LogP contribution is 2.30. The normalized spacial score (nSPS) is 10.7. The van der Waals surface area contributed by atoms with Crippen LogP contribution in [0.25, 0.3) is 0 Å². The van der Waals surface area contributed by atoms with Crippen LogP contribution >= 0.6 is 11.8 Å². The van der Waals surface area contributed by atoms with E-state index >= 15 is 0 Å². The fraction of sp³-hybridized carbons (Fsp3) is 0.429. The Bertz CT molecular complexity index is 601. The Morgan fingerprint density at radius 3 is 2.62 bits per heavy atom. The topological polar surface area (TPSA) is 75.2 Å². The average molecular weight is 308 g/mol. The molecule has 0 bridgehead atoms. The Labute approximate surface area is 128 Å². The monoisotopic (exact) mass is 308 g/mol. The van der Waals surface area contributed by atoms with Crippen molar-refractivity contribution in [3.05, 3.63) is 29.6 Å². The van der Waals surface area contributed by atoms with Gasteiger partial charge in [0.2, 0.25) is 0 Å². The SMILES string of the molecule is COc1ccc(CSc2nnc(C)n2CCN)cc1OC. The zero-order chi connectivity index (χ0) is 15.2. The van der Waals surface area contributed by atoms with Gasteiger partial charge in [0.1, 0.15) is 5.82 Å². The molecule has 0 radical (unpaired) electrons. The van der Waals surface area contributed by atoms with Crippen LogP contribution in [0, 0.1) is 6.92 Å². The lowest BCUT2D eigenvalue weighted by atomic mass is 10.2. The molecule has 0 spiro atoms. The predicted molar refractivity (Wildman–Crippen MR) is 82.9 cm³/mol. The van der Waals surface area contributed by atoms with Crippen molar-refractivity contribution in [2.24, 2.45) is 5.73 Å². The Kier molecular flexibility index (Phi) is 5.46. The van der Waals surface area contributed by atoms with Gasteiger partial charge >= 0.3 is 0 Å². The molecular formula is C14H20N4O2S.